The first kappa shape index (κ1) is 17.9. The van der Waals surface area contributed by atoms with Gasteiger partial charge < -0.3 is 10.6 Å². The second-order valence-corrected chi connectivity index (χ2v) is 7.10. The van der Waals surface area contributed by atoms with E-state index in [0.29, 0.717) is 12.6 Å². The first-order chi connectivity index (χ1) is 12.3. The van der Waals surface area contributed by atoms with Crippen LogP contribution in [0.4, 0.5) is 0 Å². The van der Waals surface area contributed by atoms with Crippen molar-refractivity contribution in [3.05, 3.63) is 41.4 Å². The normalized spacial score (nSPS) is 18.5. The third kappa shape index (κ3) is 4.80. The van der Waals surface area contributed by atoms with Crippen LogP contribution in [-0.2, 0) is 6.54 Å². The molecule has 1 aromatic heterocycles. The van der Waals surface area contributed by atoms with Gasteiger partial charge in [0.15, 0.2) is 5.96 Å². The largest absolute Gasteiger partial charge is 0.355 e. The summed E-state index contributed by atoms with van der Waals surface area (Å²) in [6.45, 7) is 6.21. The quantitative estimate of drug-likeness (QED) is 0.616. The maximum atomic E-state index is 4.71. The molecule has 5 nitrogen and oxygen atoms in total. The summed E-state index contributed by atoms with van der Waals surface area (Å²) in [6.07, 6.45) is 2.57. The van der Waals surface area contributed by atoms with E-state index in [-0.39, 0.29) is 0 Å². The standard InChI is InChI=1S/C19H27N5S/c1-3-24-11-7-10-17(24)13-22-19(20-2)21-12-16-14-25-18(23-16)15-8-5-4-6-9-15/h4-6,8-9,14,17H,3,7,10-13H2,1-2H3,(H2,20,21,22). The molecule has 2 aromatic rings. The number of likely N-dealkylation sites (N-methyl/N-ethyl adjacent to an activating group) is 1. The zero-order valence-electron chi connectivity index (χ0n) is 15.0. The van der Waals surface area contributed by atoms with Crippen LogP contribution in [0.1, 0.15) is 25.5 Å². The van der Waals surface area contributed by atoms with Crippen molar-refractivity contribution in [2.24, 2.45) is 4.99 Å². The van der Waals surface area contributed by atoms with E-state index in [9.17, 15) is 0 Å². The molecule has 0 aliphatic carbocycles. The topological polar surface area (TPSA) is 52.5 Å². The van der Waals surface area contributed by atoms with Gasteiger partial charge >= 0.3 is 0 Å². The van der Waals surface area contributed by atoms with Crippen LogP contribution in [0.2, 0.25) is 0 Å². The summed E-state index contributed by atoms with van der Waals surface area (Å²) >= 11 is 1.68. The number of likely N-dealkylation sites (tertiary alicyclic amines) is 1. The summed E-state index contributed by atoms with van der Waals surface area (Å²) in [5, 5.41) is 10.00. The van der Waals surface area contributed by atoms with Crippen LogP contribution in [0.25, 0.3) is 10.6 Å². The number of aromatic nitrogens is 1. The number of thiazole rings is 1. The molecular formula is C19H27N5S. The smallest absolute Gasteiger partial charge is 0.191 e. The van der Waals surface area contributed by atoms with Crippen LogP contribution in [0.5, 0.6) is 0 Å². The number of hydrogen-bond donors (Lipinski definition) is 2. The van der Waals surface area contributed by atoms with E-state index in [1.165, 1.54) is 24.9 Å². The Balaban J connectivity index is 1.49. The number of nitrogens with one attached hydrogen (secondary N) is 2. The third-order valence-corrected chi connectivity index (χ3v) is 5.58. The molecule has 1 fully saturated rings. The first-order valence-corrected chi connectivity index (χ1v) is 9.86. The Kier molecular flexibility index (Phi) is 6.42. The molecule has 0 spiro atoms. The Hall–Kier alpha value is -1.92. The molecule has 2 heterocycles. The average molecular weight is 358 g/mol. The molecule has 0 amide bonds. The van der Waals surface area contributed by atoms with Crippen LogP contribution < -0.4 is 10.6 Å². The maximum absolute atomic E-state index is 4.71. The van der Waals surface area contributed by atoms with Gasteiger partial charge in [0.1, 0.15) is 5.01 Å². The summed E-state index contributed by atoms with van der Waals surface area (Å²) in [5.41, 5.74) is 2.21. The van der Waals surface area contributed by atoms with Gasteiger partial charge in [0.25, 0.3) is 0 Å². The number of aliphatic imine (C=N–C) groups is 1. The Bertz CT molecular complexity index is 682. The minimum Gasteiger partial charge on any atom is -0.355 e. The molecule has 2 N–H and O–H groups in total. The number of nitrogens with zero attached hydrogens (tertiary/aromatic N) is 3. The second-order valence-electron chi connectivity index (χ2n) is 6.24. The van der Waals surface area contributed by atoms with Gasteiger partial charge in [-0.25, -0.2) is 4.98 Å². The highest BCUT2D eigenvalue weighted by Crippen LogP contribution is 2.23. The molecule has 1 atom stereocenters. The van der Waals surface area contributed by atoms with Crippen molar-refractivity contribution in [2.75, 3.05) is 26.7 Å². The number of rotatable bonds is 6. The monoisotopic (exact) mass is 357 g/mol. The fraction of sp³-hybridized carbons (Fsp3) is 0.474. The lowest BCUT2D eigenvalue weighted by molar-refractivity contribution is 0.267. The van der Waals surface area contributed by atoms with Crippen LogP contribution in [0.3, 0.4) is 0 Å². The van der Waals surface area contributed by atoms with Gasteiger partial charge in [-0.1, -0.05) is 37.3 Å². The molecule has 0 radical (unpaired) electrons. The van der Waals surface area contributed by atoms with Crippen molar-refractivity contribution in [3.8, 4) is 10.6 Å². The molecule has 25 heavy (non-hydrogen) atoms. The predicted molar refractivity (Wildman–Crippen MR) is 106 cm³/mol. The van der Waals surface area contributed by atoms with Crippen molar-refractivity contribution >= 4 is 17.3 Å². The van der Waals surface area contributed by atoms with Gasteiger partial charge in [-0.05, 0) is 25.9 Å². The minimum atomic E-state index is 0.618. The van der Waals surface area contributed by atoms with Crippen LogP contribution in [0.15, 0.2) is 40.7 Å². The van der Waals surface area contributed by atoms with Crippen molar-refractivity contribution in [2.45, 2.75) is 32.4 Å². The van der Waals surface area contributed by atoms with E-state index < -0.39 is 0 Å². The number of guanidine groups is 1. The first-order valence-electron chi connectivity index (χ1n) is 8.98. The molecule has 1 saturated heterocycles. The molecule has 3 rings (SSSR count). The van der Waals surface area contributed by atoms with E-state index >= 15 is 0 Å². The SMILES string of the molecule is CCN1CCCC1CNC(=NC)NCc1csc(-c2ccccc2)n1. The van der Waals surface area contributed by atoms with Crippen molar-refractivity contribution < 1.29 is 0 Å². The molecule has 0 saturated carbocycles. The predicted octanol–water partition coefficient (Wildman–Crippen LogP) is 2.96. The van der Waals surface area contributed by atoms with Crippen LogP contribution >= 0.6 is 11.3 Å². The maximum Gasteiger partial charge on any atom is 0.191 e. The lowest BCUT2D eigenvalue weighted by Gasteiger charge is -2.23. The molecule has 134 valence electrons. The Morgan fingerprint density at radius 3 is 2.92 bits per heavy atom. The van der Waals surface area contributed by atoms with E-state index in [0.717, 1.165) is 29.8 Å². The van der Waals surface area contributed by atoms with Crippen LogP contribution in [-0.4, -0.2) is 48.6 Å². The third-order valence-electron chi connectivity index (χ3n) is 4.64. The highest BCUT2D eigenvalue weighted by molar-refractivity contribution is 7.13. The molecule has 0 bridgehead atoms. The molecular weight excluding hydrogens is 330 g/mol. The van der Waals surface area contributed by atoms with E-state index in [1.54, 1.807) is 11.3 Å². The van der Waals surface area contributed by atoms with Crippen molar-refractivity contribution in [1.82, 2.24) is 20.5 Å². The van der Waals surface area contributed by atoms with Gasteiger partial charge in [0, 0.05) is 30.6 Å². The number of benzene rings is 1. The van der Waals surface area contributed by atoms with Gasteiger partial charge in [-0.15, -0.1) is 11.3 Å². The molecule has 1 aliphatic heterocycles. The second kappa shape index (κ2) is 8.97. The Morgan fingerprint density at radius 2 is 2.16 bits per heavy atom. The number of hydrogen-bond acceptors (Lipinski definition) is 4. The van der Waals surface area contributed by atoms with Gasteiger partial charge in [0.2, 0.25) is 0 Å². The fourth-order valence-corrected chi connectivity index (χ4v) is 4.08. The molecule has 1 aliphatic rings. The fourth-order valence-electron chi connectivity index (χ4n) is 3.25. The highest BCUT2D eigenvalue weighted by atomic mass is 32.1. The van der Waals surface area contributed by atoms with Crippen molar-refractivity contribution in [1.29, 1.82) is 0 Å². The summed E-state index contributed by atoms with van der Waals surface area (Å²) in [7, 11) is 1.82. The van der Waals surface area contributed by atoms with Gasteiger partial charge in [0.05, 0.1) is 12.2 Å². The minimum absolute atomic E-state index is 0.618. The van der Waals surface area contributed by atoms with Gasteiger partial charge in [-0.3, -0.25) is 9.89 Å². The van der Waals surface area contributed by atoms with Crippen LogP contribution in [0, 0.1) is 0 Å². The highest BCUT2D eigenvalue weighted by Gasteiger charge is 2.22. The summed E-state index contributed by atoms with van der Waals surface area (Å²) < 4.78 is 0. The summed E-state index contributed by atoms with van der Waals surface area (Å²) in [4.78, 5) is 11.6. The Labute approximate surface area is 154 Å². The summed E-state index contributed by atoms with van der Waals surface area (Å²) in [5.74, 6) is 0.845. The zero-order valence-corrected chi connectivity index (χ0v) is 15.9. The van der Waals surface area contributed by atoms with E-state index in [2.05, 4.69) is 45.0 Å². The van der Waals surface area contributed by atoms with E-state index in [4.69, 9.17) is 4.98 Å². The zero-order chi connectivity index (χ0) is 17.5. The average Bonchev–Trinajstić information content (AvgIpc) is 3.31. The van der Waals surface area contributed by atoms with Gasteiger partial charge in [-0.2, -0.15) is 0 Å². The Morgan fingerprint density at radius 1 is 1.32 bits per heavy atom. The van der Waals surface area contributed by atoms with Crippen molar-refractivity contribution in [3.63, 3.8) is 0 Å². The lowest BCUT2D eigenvalue weighted by atomic mass is 10.2. The van der Waals surface area contributed by atoms with E-state index in [1.807, 2.05) is 25.2 Å². The molecule has 1 unspecified atom stereocenters. The summed E-state index contributed by atoms with van der Waals surface area (Å²) in [6, 6.07) is 10.9. The lowest BCUT2D eigenvalue weighted by Crippen LogP contribution is -2.44. The molecule has 1 aromatic carbocycles. The molecule has 6 heteroatoms.